The number of carbonyl (C=O) groups is 1. The van der Waals surface area contributed by atoms with Gasteiger partial charge in [0.15, 0.2) is 0 Å². The Morgan fingerprint density at radius 2 is 1.85 bits per heavy atom. The van der Waals surface area contributed by atoms with Gasteiger partial charge in [-0.3, -0.25) is 4.79 Å². The maximum atomic E-state index is 11.6. The molecule has 1 heterocycles. The first-order valence-electron chi connectivity index (χ1n) is 8.32. The Labute approximate surface area is 171 Å². The van der Waals surface area contributed by atoms with Gasteiger partial charge in [-0.1, -0.05) is 35.3 Å². The number of halogens is 2. The molecule has 0 fully saturated rings. The monoisotopic (exact) mass is 421 g/mol. The third-order valence-corrected chi connectivity index (χ3v) is 5.07. The lowest BCUT2D eigenvalue weighted by Gasteiger charge is -2.11. The predicted octanol–water partition coefficient (Wildman–Crippen LogP) is 5.80. The fourth-order valence-electron chi connectivity index (χ4n) is 2.41. The molecular weight excluding hydrogens is 405 g/mol. The molecule has 2 aromatic carbocycles. The van der Waals surface area contributed by atoms with E-state index in [4.69, 9.17) is 32.7 Å². The molecule has 3 aromatic rings. The molecule has 0 bridgehead atoms. The lowest BCUT2D eigenvalue weighted by atomic mass is 10.2. The minimum atomic E-state index is -0.292. The minimum absolute atomic E-state index is 0.145. The summed E-state index contributed by atoms with van der Waals surface area (Å²) >= 11 is 13.5. The molecule has 0 saturated carbocycles. The highest BCUT2D eigenvalue weighted by Gasteiger charge is 2.14. The molecule has 0 unspecified atom stereocenters. The Morgan fingerprint density at radius 1 is 1.11 bits per heavy atom. The van der Waals surface area contributed by atoms with Crippen LogP contribution in [0.15, 0.2) is 47.8 Å². The van der Waals surface area contributed by atoms with Crippen molar-refractivity contribution >= 4 is 40.5 Å². The second-order valence-corrected chi connectivity index (χ2v) is 7.41. The maximum Gasteiger partial charge on any atom is 0.311 e. The largest absolute Gasteiger partial charge is 0.488 e. The van der Waals surface area contributed by atoms with Crippen LogP contribution in [0.1, 0.15) is 18.2 Å². The average molecular weight is 422 g/mol. The van der Waals surface area contributed by atoms with Gasteiger partial charge in [-0.25, -0.2) is 4.98 Å². The number of ether oxygens (including phenoxy) is 2. The van der Waals surface area contributed by atoms with Crippen LogP contribution < -0.4 is 4.74 Å². The van der Waals surface area contributed by atoms with E-state index in [1.165, 1.54) is 11.3 Å². The standard InChI is InChI=1S/C20H17Cl2NO3S/c1-2-25-19(24)10-16-12-27-20(23-16)17-9-15(22)7-8-18(17)26-11-13-3-5-14(21)6-4-13/h3-9,12H,2,10-11H2,1H3. The van der Waals surface area contributed by atoms with Crippen LogP contribution in [0, 0.1) is 0 Å². The van der Waals surface area contributed by atoms with Gasteiger partial charge in [-0.15, -0.1) is 11.3 Å². The number of aromatic nitrogens is 1. The number of rotatable bonds is 7. The van der Waals surface area contributed by atoms with E-state index in [0.29, 0.717) is 34.7 Å². The zero-order valence-electron chi connectivity index (χ0n) is 14.6. The molecule has 7 heteroatoms. The number of benzene rings is 2. The van der Waals surface area contributed by atoms with Crippen LogP contribution in [0.5, 0.6) is 5.75 Å². The first-order valence-corrected chi connectivity index (χ1v) is 9.96. The summed E-state index contributed by atoms with van der Waals surface area (Å²) < 4.78 is 10.9. The Morgan fingerprint density at radius 3 is 2.59 bits per heavy atom. The zero-order valence-corrected chi connectivity index (χ0v) is 16.9. The molecule has 0 N–H and O–H groups in total. The summed E-state index contributed by atoms with van der Waals surface area (Å²) in [7, 11) is 0. The highest BCUT2D eigenvalue weighted by molar-refractivity contribution is 7.13. The van der Waals surface area contributed by atoms with Gasteiger partial charge in [0.1, 0.15) is 17.4 Å². The third-order valence-electron chi connectivity index (χ3n) is 3.66. The highest BCUT2D eigenvalue weighted by Crippen LogP contribution is 2.35. The first-order chi connectivity index (χ1) is 13.0. The maximum absolute atomic E-state index is 11.6. The van der Waals surface area contributed by atoms with Crippen molar-refractivity contribution in [2.75, 3.05) is 6.61 Å². The molecule has 4 nitrogen and oxygen atoms in total. The normalized spacial score (nSPS) is 10.6. The van der Waals surface area contributed by atoms with Crippen molar-refractivity contribution < 1.29 is 14.3 Å². The van der Waals surface area contributed by atoms with Crippen molar-refractivity contribution in [3.05, 3.63) is 69.1 Å². The molecule has 0 aliphatic heterocycles. The van der Waals surface area contributed by atoms with Gasteiger partial charge in [0.25, 0.3) is 0 Å². The molecule has 0 amide bonds. The number of esters is 1. The Bertz CT molecular complexity index is 925. The van der Waals surface area contributed by atoms with E-state index in [2.05, 4.69) is 4.98 Å². The van der Waals surface area contributed by atoms with Gasteiger partial charge < -0.3 is 9.47 Å². The van der Waals surface area contributed by atoms with E-state index in [1.54, 1.807) is 13.0 Å². The molecule has 0 saturated heterocycles. The van der Waals surface area contributed by atoms with Crippen molar-refractivity contribution in [3.63, 3.8) is 0 Å². The lowest BCUT2D eigenvalue weighted by molar-refractivity contribution is -0.142. The van der Waals surface area contributed by atoms with Gasteiger partial charge in [0.2, 0.25) is 0 Å². The summed E-state index contributed by atoms with van der Waals surface area (Å²) in [4.78, 5) is 16.2. The second kappa shape index (κ2) is 9.22. The SMILES string of the molecule is CCOC(=O)Cc1csc(-c2cc(Cl)ccc2OCc2ccc(Cl)cc2)n1. The molecular formula is C20H17Cl2NO3S. The first kappa shape index (κ1) is 19.7. The average Bonchev–Trinajstić information content (AvgIpc) is 3.10. The van der Waals surface area contributed by atoms with E-state index in [-0.39, 0.29) is 12.4 Å². The predicted molar refractivity (Wildman–Crippen MR) is 109 cm³/mol. The van der Waals surface area contributed by atoms with Crippen LogP contribution in [0.2, 0.25) is 10.0 Å². The molecule has 0 spiro atoms. The smallest absolute Gasteiger partial charge is 0.311 e. The highest BCUT2D eigenvalue weighted by atomic mass is 35.5. The molecule has 27 heavy (non-hydrogen) atoms. The van der Waals surface area contributed by atoms with Gasteiger partial charge in [0.05, 0.1) is 24.3 Å². The van der Waals surface area contributed by atoms with E-state index in [1.807, 2.05) is 41.8 Å². The number of nitrogens with zero attached hydrogens (tertiary/aromatic N) is 1. The van der Waals surface area contributed by atoms with Crippen molar-refractivity contribution in [2.45, 2.75) is 20.0 Å². The van der Waals surface area contributed by atoms with Gasteiger partial charge in [-0.2, -0.15) is 0 Å². The van der Waals surface area contributed by atoms with Crippen LogP contribution in [0.3, 0.4) is 0 Å². The third kappa shape index (κ3) is 5.45. The van der Waals surface area contributed by atoms with Crippen molar-refractivity contribution in [1.29, 1.82) is 0 Å². The number of thiazole rings is 1. The van der Waals surface area contributed by atoms with Crippen LogP contribution in [-0.2, 0) is 22.6 Å². The summed E-state index contributed by atoms with van der Waals surface area (Å²) in [6, 6.07) is 12.9. The fraction of sp³-hybridized carbons (Fsp3) is 0.200. The fourth-order valence-corrected chi connectivity index (χ4v) is 3.55. The zero-order chi connectivity index (χ0) is 19.2. The quantitative estimate of drug-likeness (QED) is 0.452. The molecule has 0 aliphatic carbocycles. The topological polar surface area (TPSA) is 48.4 Å². The van der Waals surface area contributed by atoms with Crippen LogP contribution in [0.25, 0.3) is 10.6 Å². The number of carbonyl (C=O) groups excluding carboxylic acids is 1. The molecule has 0 aliphatic rings. The lowest BCUT2D eigenvalue weighted by Crippen LogP contribution is -2.07. The number of hydrogen-bond donors (Lipinski definition) is 0. The summed E-state index contributed by atoms with van der Waals surface area (Å²) in [6.07, 6.45) is 0.145. The van der Waals surface area contributed by atoms with Gasteiger partial charge in [0, 0.05) is 15.4 Å². The van der Waals surface area contributed by atoms with E-state index < -0.39 is 0 Å². The molecule has 1 aromatic heterocycles. The van der Waals surface area contributed by atoms with Crippen LogP contribution >= 0.6 is 34.5 Å². The Kier molecular flexibility index (Phi) is 6.72. The van der Waals surface area contributed by atoms with Crippen molar-refractivity contribution in [3.8, 4) is 16.3 Å². The van der Waals surface area contributed by atoms with Crippen LogP contribution in [0.4, 0.5) is 0 Å². The molecule has 0 radical (unpaired) electrons. The summed E-state index contributed by atoms with van der Waals surface area (Å²) in [5.41, 5.74) is 2.45. The van der Waals surface area contributed by atoms with E-state index in [0.717, 1.165) is 16.1 Å². The Balaban J connectivity index is 1.78. The van der Waals surface area contributed by atoms with Crippen molar-refractivity contribution in [1.82, 2.24) is 4.98 Å². The minimum Gasteiger partial charge on any atom is -0.488 e. The summed E-state index contributed by atoms with van der Waals surface area (Å²) in [6.45, 7) is 2.53. The Hall–Kier alpha value is -2.08. The summed E-state index contributed by atoms with van der Waals surface area (Å²) in [5, 5.41) is 3.85. The van der Waals surface area contributed by atoms with Crippen molar-refractivity contribution in [2.24, 2.45) is 0 Å². The summed E-state index contributed by atoms with van der Waals surface area (Å²) in [5.74, 6) is 0.381. The second-order valence-electron chi connectivity index (χ2n) is 5.68. The molecule has 0 atom stereocenters. The van der Waals surface area contributed by atoms with Gasteiger partial charge in [-0.05, 0) is 42.8 Å². The van der Waals surface area contributed by atoms with Crippen LogP contribution in [-0.4, -0.2) is 17.6 Å². The molecule has 3 rings (SSSR count). The van der Waals surface area contributed by atoms with Gasteiger partial charge >= 0.3 is 5.97 Å². The van der Waals surface area contributed by atoms with E-state index >= 15 is 0 Å². The van der Waals surface area contributed by atoms with E-state index in [9.17, 15) is 4.79 Å². The molecule has 140 valence electrons. The number of hydrogen-bond acceptors (Lipinski definition) is 5.